The molecule has 1 aliphatic heterocycles. The molecule has 9 heteroatoms. The Morgan fingerprint density at radius 1 is 1.23 bits per heavy atom. The molecule has 0 fully saturated rings. The molecule has 152 valence electrons. The van der Waals surface area contributed by atoms with Gasteiger partial charge in [0.25, 0.3) is 11.5 Å². The number of H-pyrrole nitrogens is 1. The van der Waals surface area contributed by atoms with Gasteiger partial charge in [-0.15, -0.1) is 11.3 Å². The quantitative estimate of drug-likeness (QED) is 0.529. The van der Waals surface area contributed by atoms with Crippen molar-refractivity contribution in [1.82, 2.24) is 14.9 Å². The van der Waals surface area contributed by atoms with Gasteiger partial charge in [-0.25, -0.2) is 13.8 Å². The lowest BCUT2D eigenvalue weighted by molar-refractivity contribution is 0.0335. The first-order chi connectivity index (χ1) is 14.4. The summed E-state index contributed by atoms with van der Waals surface area (Å²) in [4.78, 5) is 34.1. The summed E-state index contributed by atoms with van der Waals surface area (Å²) in [5.74, 6) is -2.48. The van der Waals surface area contributed by atoms with Gasteiger partial charge in [-0.2, -0.15) is 0 Å². The highest BCUT2D eigenvalue weighted by Gasteiger charge is 2.32. The summed E-state index contributed by atoms with van der Waals surface area (Å²) in [6.45, 7) is 0.263. The van der Waals surface area contributed by atoms with Crippen LogP contribution in [0.15, 0.2) is 41.2 Å². The molecule has 1 unspecified atom stereocenters. The third kappa shape index (κ3) is 2.89. The van der Waals surface area contributed by atoms with Crippen LogP contribution in [0.3, 0.4) is 0 Å². The van der Waals surface area contributed by atoms with Gasteiger partial charge in [-0.3, -0.25) is 9.59 Å². The number of carbonyl (C=O) groups excluding carboxylic acids is 1. The number of likely N-dealkylation sites (N-methyl/N-ethyl adjacent to an activating group) is 1. The summed E-state index contributed by atoms with van der Waals surface area (Å²) < 4.78 is 34.2. The number of halogens is 2. The maximum atomic E-state index is 14.0. The van der Waals surface area contributed by atoms with Gasteiger partial charge in [0.15, 0.2) is 16.6 Å². The summed E-state index contributed by atoms with van der Waals surface area (Å²) >= 11 is 1.28. The Morgan fingerprint density at radius 3 is 2.73 bits per heavy atom. The maximum Gasteiger partial charge on any atom is 0.283 e. The molecule has 0 saturated carbocycles. The minimum atomic E-state index is -1.10. The van der Waals surface area contributed by atoms with Gasteiger partial charge in [-0.1, -0.05) is 12.1 Å². The van der Waals surface area contributed by atoms with Crippen LogP contribution in [-0.2, 0) is 11.3 Å². The molecule has 0 bridgehead atoms. The Labute approximate surface area is 172 Å². The van der Waals surface area contributed by atoms with Crippen molar-refractivity contribution in [3.63, 3.8) is 0 Å². The number of ether oxygens (including phenoxy) is 1. The number of pyridine rings is 1. The molecule has 4 aromatic rings. The van der Waals surface area contributed by atoms with Crippen molar-refractivity contribution in [2.75, 3.05) is 13.7 Å². The van der Waals surface area contributed by atoms with Gasteiger partial charge >= 0.3 is 0 Å². The SMILES string of the molecule is CN(C(=O)c1nc2ccccc2s1)C1COCc2[nH]c(=O)c3cc(F)c(F)cc3c21. The van der Waals surface area contributed by atoms with Crippen LogP contribution in [0, 0.1) is 11.6 Å². The van der Waals surface area contributed by atoms with Crippen molar-refractivity contribution in [1.29, 1.82) is 0 Å². The molecular weight excluding hydrogens is 412 g/mol. The second-order valence-electron chi connectivity index (χ2n) is 7.09. The Morgan fingerprint density at radius 2 is 1.97 bits per heavy atom. The van der Waals surface area contributed by atoms with Crippen LogP contribution >= 0.6 is 11.3 Å². The van der Waals surface area contributed by atoms with Crippen LogP contribution in [0.1, 0.15) is 27.1 Å². The van der Waals surface area contributed by atoms with Crippen molar-refractivity contribution in [3.05, 3.63) is 74.7 Å². The van der Waals surface area contributed by atoms with E-state index in [0.717, 1.165) is 22.3 Å². The molecule has 5 rings (SSSR count). The number of para-hydroxylation sites is 1. The average molecular weight is 427 g/mol. The van der Waals surface area contributed by atoms with E-state index in [1.807, 2.05) is 24.3 Å². The monoisotopic (exact) mass is 427 g/mol. The summed E-state index contributed by atoms with van der Waals surface area (Å²) in [6, 6.07) is 8.73. The molecule has 1 atom stereocenters. The molecule has 6 nitrogen and oxygen atoms in total. The number of thiazole rings is 1. The van der Waals surface area contributed by atoms with Crippen LogP contribution in [0.5, 0.6) is 0 Å². The normalized spacial score (nSPS) is 16.0. The van der Waals surface area contributed by atoms with E-state index < -0.39 is 23.2 Å². The zero-order valence-corrected chi connectivity index (χ0v) is 16.6. The van der Waals surface area contributed by atoms with Crippen molar-refractivity contribution in [2.24, 2.45) is 0 Å². The molecule has 3 heterocycles. The number of benzene rings is 2. The summed E-state index contributed by atoms with van der Waals surface area (Å²) in [7, 11) is 1.61. The maximum absolute atomic E-state index is 14.0. The third-order valence-electron chi connectivity index (χ3n) is 5.30. The number of fused-ring (bicyclic) bond motifs is 4. The van der Waals surface area contributed by atoms with Crippen LogP contribution in [0.25, 0.3) is 21.0 Å². The standard InChI is InChI=1S/C21H15F2N3O3S/c1-26(21(28)20-25-14-4-2-3-5-17(14)30-20)16-9-29-8-15-18(16)10-6-12(22)13(23)7-11(10)19(27)24-15/h2-7,16H,8-9H2,1H3,(H,24,27). The number of aromatic amines is 1. The van der Waals surface area contributed by atoms with Gasteiger partial charge < -0.3 is 14.6 Å². The fraction of sp³-hybridized carbons (Fsp3) is 0.190. The highest BCUT2D eigenvalue weighted by Crippen LogP contribution is 2.35. The molecule has 1 N–H and O–H groups in total. The average Bonchev–Trinajstić information content (AvgIpc) is 3.18. The Kier molecular flexibility index (Phi) is 4.37. The lowest BCUT2D eigenvalue weighted by atomic mass is 9.95. The lowest BCUT2D eigenvalue weighted by Gasteiger charge is -2.33. The lowest BCUT2D eigenvalue weighted by Crippen LogP contribution is -2.37. The smallest absolute Gasteiger partial charge is 0.283 e. The number of aromatic nitrogens is 2. The second kappa shape index (κ2) is 6.96. The first-order valence-electron chi connectivity index (χ1n) is 9.18. The zero-order chi connectivity index (χ0) is 21.0. The minimum absolute atomic E-state index is 0.0281. The van der Waals surface area contributed by atoms with Crippen molar-refractivity contribution < 1.29 is 18.3 Å². The van der Waals surface area contributed by atoms with Crippen molar-refractivity contribution in [3.8, 4) is 0 Å². The topological polar surface area (TPSA) is 75.3 Å². The van der Waals surface area contributed by atoms with E-state index in [9.17, 15) is 18.4 Å². The molecule has 2 aromatic carbocycles. The fourth-order valence-electron chi connectivity index (χ4n) is 3.80. The number of hydrogen-bond acceptors (Lipinski definition) is 5. The second-order valence-corrected chi connectivity index (χ2v) is 8.12. The summed E-state index contributed by atoms with van der Waals surface area (Å²) in [5.41, 5.74) is 1.18. The molecular formula is C21H15F2N3O3S. The molecule has 0 spiro atoms. The largest absolute Gasteiger partial charge is 0.373 e. The number of nitrogens with zero attached hydrogens (tertiary/aromatic N) is 2. The first kappa shape index (κ1) is 18.8. The molecule has 2 aromatic heterocycles. The minimum Gasteiger partial charge on any atom is -0.373 e. The first-order valence-corrected chi connectivity index (χ1v) is 10.00. The highest BCUT2D eigenvalue weighted by molar-refractivity contribution is 7.20. The van der Waals surface area contributed by atoms with E-state index in [4.69, 9.17) is 4.74 Å². The van der Waals surface area contributed by atoms with E-state index >= 15 is 0 Å². The van der Waals surface area contributed by atoms with Gasteiger partial charge in [0.1, 0.15) is 0 Å². The molecule has 30 heavy (non-hydrogen) atoms. The van der Waals surface area contributed by atoms with Crippen molar-refractivity contribution >= 4 is 38.2 Å². The Balaban J connectivity index is 1.63. The van der Waals surface area contributed by atoms with Crippen molar-refractivity contribution in [2.45, 2.75) is 12.6 Å². The number of hydrogen-bond donors (Lipinski definition) is 1. The molecule has 0 radical (unpaired) electrons. The van der Waals surface area contributed by atoms with E-state index in [2.05, 4.69) is 9.97 Å². The van der Waals surface area contributed by atoms with Crippen LogP contribution in [-0.4, -0.2) is 34.4 Å². The predicted octanol–water partition coefficient (Wildman–Crippen LogP) is 3.76. The van der Waals surface area contributed by atoms with E-state index in [1.165, 1.54) is 16.2 Å². The number of rotatable bonds is 2. The van der Waals surface area contributed by atoms with Gasteiger partial charge in [0.05, 0.1) is 34.9 Å². The van der Waals surface area contributed by atoms with E-state index in [-0.39, 0.29) is 29.9 Å². The Bertz CT molecular complexity index is 1350. The van der Waals surface area contributed by atoms with Gasteiger partial charge in [0.2, 0.25) is 0 Å². The van der Waals surface area contributed by atoms with Crippen LogP contribution < -0.4 is 5.56 Å². The van der Waals surface area contributed by atoms with E-state index in [0.29, 0.717) is 16.3 Å². The number of amides is 1. The Hall–Kier alpha value is -3.17. The van der Waals surface area contributed by atoms with Gasteiger partial charge in [-0.05, 0) is 29.7 Å². The third-order valence-corrected chi connectivity index (χ3v) is 6.33. The van der Waals surface area contributed by atoms with Crippen LogP contribution in [0.2, 0.25) is 0 Å². The summed E-state index contributed by atoms with van der Waals surface area (Å²) in [6.07, 6.45) is 0. The zero-order valence-electron chi connectivity index (χ0n) is 15.7. The van der Waals surface area contributed by atoms with Crippen LogP contribution in [0.4, 0.5) is 8.78 Å². The fourth-order valence-corrected chi connectivity index (χ4v) is 4.75. The highest BCUT2D eigenvalue weighted by atomic mass is 32.1. The number of carbonyl (C=O) groups is 1. The predicted molar refractivity (Wildman–Crippen MR) is 109 cm³/mol. The molecule has 0 saturated heterocycles. The van der Waals surface area contributed by atoms with E-state index in [1.54, 1.807) is 7.05 Å². The molecule has 0 aliphatic carbocycles. The molecule has 1 amide bonds. The summed E-state index contributed by atoms with van der Waals surface area (Å²) in [5, 5.41) is 0.613. The molecule has 1 aliphatic rings. The van der Waals surface area contributed by atoms with Gasteiger partial charge in [0, 0.05) is 18.3 Å². The number of nitrogens with one attached hydrogen (secondary N) is 1.